The third-order valence-corrected chi connectivity index (χ3v) is 8.82. The van der Waals surface area contributed by atoms with Crippen LogP contribution in [0.1, 0.15) is 37.6 Å². The van der Waals surface area contributed by atoms with Crippen LogP contribution in [0.3, 0.4) is 0 Å². The molecule has 0 aliphatic rings. The monoisotopic (exact) mass is 746 g/mol. The van der Waals surface area contributed by atoms with E-state index >= 15 is 0 Å². The van der Waals surface area contributed by atoms with Crippen molar-refractivity contribution in [1.29, 1.82) is 0 Å². The van der Waals surface area contributed by atoms with Gasteiger partial charge in [0, 0.05) is 18.9 Å². The Morgan fingerprint density at radius 1 is 1.02 bits per heavy atom. The van der Waals surface area contributed by atoms with E-state index in [1.165, 1.54) is 26.1 Å². The molecule has 1 N–H and O–H groups in total. The molecule has 14 nitrogen and oxygen atoms in total. The number of esters is 1. The van der Waals surface area contributed by atoms with Gasteiger partial charge in [-0.05, 0) is 42.8 Å². The Kier molecular flexibility index (Phi) is 12.5. The van der Waals surface area contributed by atoms with E-state index in [0.717, 1.165) is 39.0 Å². The summed E-state index contributed by atoms with van der Waals surface area (Å²) in [4.78, 5) is 29.1. The summed E-state index contributed by atoms with van der Waals surface area (Å²) in [7, 11) is -3.19. The lowest BCUT2D eigenvalue weighted by Crippen LogP contribution is -2.43. The number of sulfonamides is 1. The molecule has 0 aliphatic heterocycles. The minimum Gasteiger partial charge on any atom is -0.569 e. The van der Waals surface area contributed by atoms with Crippen LogP contribution in [0.4, 0.5) is 18.0 Å². The van der Waals surface area contributed by atoms with Gasteiger partial charge in [-0.1, -0.05) is 74.0 Å². The molecule has 3 aromatic carbocycles. The zero-order valence-electron chi connectivity index (χ0n) is 28.8. The van der Waals surface area contributed by atoms with Gasteiger partial charge in [0.2, 0.25) is 5.28 Å². The number of aryl methyl sites for hydroxylation is 1. The van der Waals surface area contributed by atoms with Gasteiger partial charge in [0.15, 0.2) is 5.69 Å². The summed E-state index contributed by atoms with van der Waals surface area (Å²) in [5.41, 5.74) is 1.21. The highest BCUT2D eigenvalue weighted by atomic mass is 32.2. The quantitative estimate of drug-likeness (QED) is 0.0518. The van der Waals surface area contributed by atoms with Gasteiger partial charge in [0.05, 0.1) is 34.2 Å². The number of carbonyl (C=O) groups is 2. The van der Waals surface area contributed by atoms with Crippen molar-refractivity contribution >= 4 is 22.1 Å². The number of rotatable bonds is 14. The lowest BCUT2D eigenvalue weighted by Gasteiger charge is -2.24. The van der Waals surface area contributed by atoms with Crippen molar-refractivity contribution in [2.24, 2.45) is 11.2 Å². The summed E-state index contributed by atoms with van der Waals surface area (Å²) in [6.07, 6.45) is -7.12. The van der Waals surface area contributed by atoms with Gasteiger partial charge in [-0.15, -0.1) is 5.01 Å². The van der Waals surface area contributed by atoms with Gasteiger partial charge < -0.3 is 14.7 Å². The fraction of sp³-hybridized carbons (Fsp3) is 0.324. The standard InChI is InChI=1S/C34H37F3N6O8S/c1-22(2)32(44)50-24(4)51-40-43(46)41(5)28(19-25-9-7-6-8-10-25)21-49-33(45)39-52(47,48)29-17-15-27(16-18-29)42-30(20-31(38-42)34(35,36)37)26-13-11-23(3)12-14-26/h6-18,20,22,24,28H,19,21H2,1-5H3,(H,39,45)/t24?,28-/m0/s1. The summed E-state index contributed by atoms with van der Waals surface area (Å²) in [6.45, 7) is 5.95. The van der Waals surface area contributed by atoms with E-state index in [-0.39, 0.29) is 27.7 Å². The average Bonchev–Trinajstić information content (AvgIpc) is 3.56. The molecule has 0 aliphatic carbocycles. The van der Waals surface area contributed by atoms with Crippen LogP contribution in [-0.4, -0.2) is 66.2 Å². The molecule has 0 saturated heterocycles. The van der Waals surface area contributed by atoms with E-state index < -0.39 is 58.8 Å². The van der Waals surface area contributed by atoms with Crippen molar-refractivity contribution in [2.75, 3.05) is 13.7 Å². The topological polar surface area (TPSA) is 167 Å². The number of carbonyl (C=O) groups excluding carboxylic acids is 2. The van der Waals surface area contributed by atoms with Gasteiger partial charge in [0.1, 0.15) is 12.6 Å². The van der Waals surface area contributed by atoms with Crippen molar-refractivity contribution < 1.29 is 50.5 Å². The van der Waals surface area contributed by atoms with Gasteiger partial charge in [-0.2, -0.15) is 18.3 Å². The van der Waals surface area contributed by atoms with Crippen LogP contribution in [0, 0.1) is 18.0 Å². The molecule has 1 unspecified atom stereocenters. The summed E-state index contributed by atoms with van der Waals surface area (Å²) in [5.74, 6) is -1.00. The fourth-order valence-corrected chi connectivity index (χ4v) is 5.48. The number of likely N-dealkylation sites (N-methyl/N-ethyl adjacent to an activating group) is 1. The first-order valence-electron chi connectivity index (χ1n) is 15.8. The number of hydrazine groups is 1. The van der Waals surface area contributed by atoms with Crippen LogP contribution in [0.15, 0.2) is 95.1 Å². The third-order valence-electron chi connectivity index (χ3n) is 7.49. The van der Waals surface area contributed by atoms with Crippen molar-refractivity contribution in [3.8, 4) is 16.9 Å². The van der Waals surface area contributed by atoms with Gasteiger partial charge in [-0.3, -0.25) is 9.63 Å². The lowest BCUT2D eigenvalue weighted by atomic mass is 10.1. The maximum absolute atomic E-state index is 13.6. The summed E-state index contributed by atoms with van der Waals surface area (Å²) < 4.78 is 80.0. The number of alkyl halides is 3. The summed E-state index contributed by atoms with van der Waals surface area (Å²) >= 11 is 0. The second-order valence-electron chi connectivity index (χ2n) is 11.9. The van der Waals surface area contributed by atoms with Crippen molar-refractivity contribution in [1.82, 2.24) is 19.5 Å². The van der Waals surface area contributed by atoms with Crippen LogP contribution >= 0.6 is 0 Å². The maximum atomic E-state index is 13.6. The normalized spacial score (nSPS) is 13.3. The number of nitrogens with one attached hydrogen (secondary N) is 1. The van der Waals surface area contributed by atoms with E-state index in [1.807, 2.05) is 6.92 Å². The average molecular weight is 747 g/mol. The summed E-state index contributed by atoms with van der Waals surface area (Å²) in [6, 6.07) is 20.3. The molecule has 4 aromatic rings. The Morgan fingerprint density at radius 3 is 2.25 bits per heavy atom. The first-order chi connectivity index (χ1) is 24.4. The predicted octanol–water partition coefficient (Wildman–Crippen LogP) is 6.18. The fourth-order valence-electron chi connectivity index (χ4n) is 4.59. The van der Waals surface area contributed by atoms with Crippen LogP contribution < -0.4 is 4.72 Å². The van der Waals surface area contributed by atoms with Crippen LogP contribution in [0.5, 0.6) is 0 Å². The lowest BCUT2D eigenvalue weighted by molar-refractivity contribution is -0.715. The van der Waals surface area contributed by atoms with Crippen LogP contribution in [0.2, 0.25) is 0 Å². The van der Waals surface area contributed by atoms with E-state index in [1.54, 1.807) is 73.2 Å². The Balaban J connectivity index is 1.47. The van der Waals surface area contributed by atoms with E-state index in [0.29, 0.717) is 5.56 Å². The van der Waals surface area contributed by atoms with E-state index in [4.69, 9.17) is 14.3 Å². The SMILES string of the molecule is Cc1ccc(-c2cc(C(F)(F)F)nn2-c2ccc(S(=O)(=O)NC(=O)OC[C@H](Cc3ccccc3)N(C)[N+]([O-])=NOC(C)OC(=O)C(C)C)cc2)cc1. The van der Waals surface area contributed by atoms with Crippen LogP contribution in [-0.2, 0) is 41.7 Å². The van der Waals surface area contributed by atoms with Gasteiger partial charge in [0.25, 0.3) is 16.3 Å². The van der Waals surface area contributed by atoms with Crippen LogP contribution in [0.25, 0.3) is 16.9 Å². The molecular formula is C34H37F3N6O8S. The van der Waals surface area contributed by atoms with Crippen molar-refractivity contribution in [3.05, 3.63) is 107 Å². The Hall–Kier alpha value is -5.65. The molecule has 0 fully saturated rings. The molecule has 0 bridgehead atoms. The molecule has 0 radical (unpaired) electrons. The number of halogens is 3. The molecule has 0 saturated carbocycles. The Morgan fingerprint density at radius 2 is 1.65 bits per heavy atom. The number of aromatic nitrogens is 2. The smallest absolute Gasteiger partial charge is 0.435 e. The largest absolute Gasteiger partial charge is 0.569 e. The molecule has 18 heteroatoms. The number of hydrogen-bond donors (Lipinski definition) is 1. The van der Waals surface area contributed by atoms with Crippen molar-refractivity contribution in [2.45, 2.75) is 57.5 Å². The molecule has 1 aromatic heterocycles. The molecular weight excluding hydrogens is 709 g/mol. The highest BCUT2D eigenvalue weighted by Crippen LogP contribution is 2.33. The molecule has 1 heterocycles. The number of amides is 1. The third kappa shape index (κ3) is 10.4. The van der Waals surface area contributed by atoms with Gasteiger partial charge in [-0.25, -0.2) is 22.6 Å². The zero-order chi connectivity index (χ0) is 38.2. The second kappa shape index (κ2) is 16.6. The predicted molar refractivity (Wildman–Crippen MR) is 180 cm³/mol. The first kappa shape index (κ1) is 39.1. The number of hydrogen-bond acceptors (Lipinski definition) is 10. The number of nitrogens with zero attached hydrogens (tertiary/aromatic N) is 5. The van der Waals surface area contributed by atoms with E-state index in [9.17, 15) is 36.4 Å². The highest BCUT2D eigenvalue weighted by Gasteiger charge is 2.35. The Labute approximate surface area is 298 Å². The second-order valence-corrected chi connectivity index (χ2v) is 13.6. The van der Waals surface area contributed by atoms with Gasteiger partial charge >= 0.3 is 18.2 Å². The molecule has 1 amide bonds. The molecule has 4 rings (SSSR count). The molecule has 0 spiro atoms. The molecule has 52 heavy (non-hydrogen) atoms. The number of benzene rings is 3. The summed E-state index contributed by atoms with van der Waals surface area (Å²) in [5, 5.41) is 20.9. The Bertz CT molecular complexity index is 1970. The molecule has 2 atom stereocenters. The highest BCUT2D eigenvalue weighted by molar-refractivity contribution is 7.90. The van der Waals surface area contributed by atoms with E-state index in [2.05, 4.69) is 10.4 Å². The zero-order valence-corrected chi connectivity index (χ0v) is 29.6. The first-order valence-corrected chi connectivity index (χ1v) is 17.3. The maximum Gasteiger partial charge on any atom is 0.435 e. The van der Waals surface area contributed by atoms with Crippen molar-refractivity contribution in [3.63, 3.8) is 0 Å². The molecule has 278 valence electrons. The number of ether oxygens (including phenoxy) is 2. The minimum atomic E-state index is -4.73. The minimum absolute atomic E-state index is 0.0639.